The van der Waals surface area contributed by atoms with Gasteiger partial charge in [0, 0.05) is 0 Å². The van der Waals surface area contributed by atoms with E-state index >= 15 is 0 Å². The maximum atomic E-state index is 11.4. The SMILES string of the molecule is CCOc1ccc(C(O)CC2CCS(=O)(=O)C2)cc1. The molecule has 0 radical (unpaired) electrons. The van der Waals surface area contributed by atoms with Crippen LogP contribution in [-0.4, -0.2) is 31.6 Å². The van der Waals surface area contributed by atoms with E-state index in [2.05, 4.69) is 0 Å². The van der Waals surface area contributed by atoms with Crippen LogP contribution in [0.25, 0.3) is 0 Å². The van der Waals surface area contributed by atoms with Gasteiger partial charge in [0.2, 0.25) is 0 Å². The molecular weight excluding hydrogens is 264 g/mol. The normalized spacial score (nSPS) is 23.2. The Morgan fingerprint density at radius 3 is 2.58 bits per heavy atom. The maximum Gasteiger partial charge on any atom is 0.150 e. The van der Waals surface area contributed by atoms with Crippen molar-refractivity contribution in [3.05, 3.63) is 29.8 Å². The van der Waals surface area contributed by atoms with Crippen LogP contribution in [-0.2, 0) is 9.84 Å². The van der Waals surface area contributed by atoms with Gasteiger partial charge >= 0.3 is 0 Å². The monoisotopic (exact) mass is 284 g/mol. The zero-order valence-electron chi connectivity index (χ0n) is 11.1. The van der Waals surface area contributed by atoms with Crippen molar-refractivity contribution in [3.63, 3.8) is 0 Å². The van der Waals surface area contributed by atoms with Gasteiger partial charge in [-0.25, -0.2) is 8.42 Å². The predicted molar refractivity (Wildman–Crippen MR) is 73.9 cm³/mol. The summed E-state index contributed by atoms with van der Waals surface area (Å²) < 4.78 is 28.1. The van der Waals surface area contributed by atoms with Crippen LogP contribution >= 0.6 is 0 Å². The molecule has 0 spiro atoms. The van der Waals surface area contributed by atoms with Gasteiger partial charge in [0.25, 0.3) is 0 Å². The molecule has 1 N–H and O–H groups in total. The number of ether oxygens (including phenoxy) is 1. The Morgan fingerprint density at radius 2 is 2.05 bits per heavy atom. The summed E-state index contributed by atoms with van der Waals surface area (Å²) in [4.78, 5) is 0. The Bertz CT molecular complexity index is 507. The van der Waals surface area contributed by atoms with Crippen LogP contribution < -0.4 is 4.74 Å². The molecule has 1 fully saturated rings. The molecule has 1 saturated heterocycles. The summed E-state index contributed by atoms with van der Waals surface area (Å²) in [7, 11) is -2.87. The second kappa shape index (κ2) is 5.92. The summed E-state index contributed by atoms with van der Waals surface area (Å²) in [5, 5.41) is 10.1. The third kappa shape index (κ3) is 3.94. The maximum absolute atomic E-state index is 11.4. The smallest absolute Gasteiger partial charge is 0.150 e. The fraction of sp³-hybridized carbons (Fsp3) is 0.571. The third-order valence-corrected chi connectivity index (χ3v) is 5.30. The highest BCUT2D eigenvalue weighted by molar-refractivity contribution is 7.91. The zero-order valence-corrected chi connectivity index (χ0v) is 11.9. The van der Waals surface area contributed by atoms with Crippen molar-refractivity contribution >= 4 is 9.84 Å². The van der Waals surface area contributed by atoms with Crippen LogP contribution in [0.1, 0.15) is 31.4 Å². The molecule has 1 aliphatic heterocycles. The number of sulfone groups is 1. The molecule has 1 aliphatic rings. The largest absolute Gasteiger partial charge is 0.494 e. The molecule has 0 saturated carbocycles. The number of aliphatic hydroxyl groups excluding tert-OH is 1. The molecule has 5 heteroatoms. The van der Waals surface area contributed by atoms with Crippen LogP contribution in [0.5, 0.6) is 5.75 Å². The van der Waals surface area contributed by atoms with E-state index in [9.17, 15) is 13.5 Å². The Morgan fingerprint density at radius 1 is 1.37 bits per heavy atom. The lowest BCUT2D eigenvalue weighted by molar-refractivity contribution is 0.148. The summed E-state index contributed by atoms with van der Waals surface area (Å²) in [5.41, 5.74) is 0.813. The summed E-state index contributed by atoms with van der Waals surface area (Å²) in [6.45, 7) is 2.53. The van der Waals surface area contributed by atoms with Crippen molar-refractivity contribution in [1.29, 1.82) is 0 Å². The van der Waals surface area contributed by atoms with Gasteiger partial charge in [-0.15, -0.1) is 0 Å². The molecule has 0 bridgehead atoms. The van der Waals surface area contributed by atoms with Gasteiger partial charge in [0.15, 0.2) is 9.84 Å². The van der Waals surface area contributed by atoms with E-state index < -0.39 is 15.9 Å². The van der Waals surface area contributed by atoms with E-state index in [0.29, 0.717) is 19.4 Å². The summed E-state index contributed by atoms with van der Waals surface area (Å²) in [6, 6.07) is 7.32. The number of hydrogen-bond donors (Lipinski definition) is 1. The van der Waals surface area contributed by atoms with Gasteiger partial charge < -0.3 is 9.84 Å². The molecule has 2 unspecified atom stereocenters. The minimum absolute atomic E-state index is 0.0755. The first-order valence-electron chi connectivity index (χ1n) is 6.61. The van der Waals surface area contributed by atoms with Crippen molar-refractivity contribution in [3.8, 4) is 5.75 Å². The van der Waals surface area contributed by atoms with E-state index in [4.69, 9.17) is 4.74 Å². The first-order chi connectivity index (χ1) is 9.00. The van der Waals surface area contributed by atoms with Gasteiger partial charge in [0.05, 0.1) is 24.2 Å². The van der Waals surface area contributed by atoms with Crippen LogP contribution in [0.2, 0.25) is 0 Å². The molecule has 19 heavy (non-hydrogen) atoms. The molecule has 0 amide bonds. The number of benzene rings is 1. The lowest BCUT2D eigenvalue weighted by Gasteiger charge is -2.15. The van der Waals surface area contributed by atoms with E-state index in [1.54, 1.807) is 0 Å². The molecule has 2 atom stereocenters. The van der Waals surface area contributed by atoms with Gasteiger partial charge in [-0.1, -0.05) is 12.1 Å². The molecule has 1 heterocycles. The minimum Gasteiger partial charge on any atom is -0.494 e. The molecule has 0 aliphatic carbocycles. The molecular formula is C14H20O4S. The lowest BCUT2D eigenvalue weighted by atomic mass is 9.96. The topological polar surface area (TPSA) is 63.6 Å². The molecule has 1 aromatic carbocycles. The standard InChI is InChI=1S/C14H20O4S/c1-2-18-13-5-3-12(4-6-13)14(15)9-11-7-8-19(16,17)10-11/h3-6,11,14-15H,2,7-10H2,1H3. The second-order valence-electron chi connectivity index (χ2n) is 5.02. The Balaban J connectivity index is 1.94. The van der Waals surface area contributed by atoms with Crippen LogP contribution in [0.4, 0.5) is 0 Å². The third-order valence-electron chi connectivity index (χ3n) is 3.46. The zero-order chi connectivity index (χ0) is 13.9. The van der Waals surface area contributed by atoms with E-state index in [0.717, 1.165) is 11.3 Å². The van der Waals surface area contributed by atoms with Crippen molar-refractivity contribution in [1.82, 2.24) is 0 Å². The second-order valence-corrected chi connectivity index (χ2v) is 7.25. The van der Waals surface area contributed by atoms with E-state index in [-0.39, 0.29) is 17.4 Å². The van der Waals surface area contributed by atoms with Gasteiger partial charge in [0.1, 0.15) is 5.75 Å². The highest BCUT2D eigenvalue weighted by Gasteiger charge is 2.29. The number of hydrogen-bond acceptors (Lipinski definition) is 4. The summed E-state index contributed by atoms with van der Waals surface area (Å²) >= 11 is 0. The fourth-order valence-corrected chi connectivity index (χ4v) is 4.34. The Labute approximate surface area is 114 Å². The predicted octanol–water partition coefficient (Wildman–Crippen LogP) is 1.94. The van der Waals surface area contributed by atoms with E-state index in [1.807, 2.05) is 31.2 Å². The van der Waals surface area contributed by atoms with Crippen molar-refractivity contribution in [2.75, 3.05) is 18.1 Å². The average Bonchev–Trinajstić information content (AvgIpc) is 2.70. The summed E-state index contributed by atoms with van der Waals surface area (Å²) in [6.07, 6.45) is 0.567. The van der Waals surface area contributed by atoms with Gasteiger partial charge in [-0.05, 0) is 43.4 Å². The molecule has 1 aromatic rings. The molecule has 4 nitrogen and oxygen atoms in total. The van der Waals surface area contributed by atoms with Crippen LogP contribution in [0.3, 0.4) is 0 Å². The number of rotatable bonds is 5. The van der Waals surface area contributed by atoms with Crippen LogP contribution in [0.15, 0.2) is 24.3 Å². The van der Waals surface area contributed by atoms with Gasteiger partial charge in [-0.2, -0.15) is 0 Å². The molecule has 2 rings (SSSR count). The lowest BCUT2D eigenvalue weighted by Crippen LogP contribution is -2.09. The van der Waals surface area contributed by atoms with E-state index in [1.165, 1.54) is 0 Å². The highest BCUT2D eigenvalue weighted by Crippen LogP contribution is 2.29. The van der Waals surface area contributed by atoms with Crippen LogP contribution in [0, 0.1) is 5.92 Å². The first kappa shape index (κ1) is 14.3. The molecule has 0 aromatic heterocycles. The Hall–Kier alpha value is -1.07. The Kier molecular flexibility index (Phi) is 4.47. The molecule has 106 valence electrons. The van der Waals surface area contributed by atoms with Crippen molar-refractivity contribution in [2.24, 2.45) is 5.92 Å². The quantitative estimate of drug-likeness (QED) is 0.897. The van der Waals surface area contributed by atoms with Crippen molar-refractivity contribution in [2.45, 2.75) is 25.9 Å². The first-order valence-corrected chi connectivity index (χ1v) is 8.43. The average molecular weight is 284 g/mol. The van der Waals surface area contributed by atoms with Gasteiger partial charge in [-0.3, -0.25) is 0 Å². The van der Waals surface area contributed by atoms with Crippen molar-refractivity contribution < 1.29 is 18.3 Å². The highest BCUT2D eigenvalue weighted by atomic mass is 32.2. The summed E-state index contributed by atoms with van der Waals surface area (Å²) in [5.74, 6) is 1.32. The minimum atomic E-state index is -2.87. The fourth-order valence-electron chi connectivity index (χ4n) is 2.46. The number of aliphatic hydroxyl groups is 1.